The van der Waals surface area contributed by atoms with Crippen LogP contribution < -0.4 is 5.73 Å². The van der Waals surface area contributed by atoms with Crippen molar-refractivity contribution in [3.63, 3.8) is 0 Å². The molecular formula is C18H15Cl2N3O3. The van der Waals surface area contributed by atoms with Gasteiger partial charge in [0.2, 0.25) is 0 Å². The Bertz CT molecular complexity index is 885. The number of carbonyl (C=O) groups is 2. The van der Waals surface area contributed by atoms with E-state index >= 15 is 0 Å². The molecular weight excluding hydrogens is 377 g/mol. The van der Waals surface area contributed by atoms with Gasteiger partial charge in [-0.3, -0.25) is 4.79 Å². The normalized spacial score (nSPS) is 13.5. The summed E-state index contributed by atoms with van der Waals surface area (Å²) in [7, 11) is 0. The molecule has 134 valence electrons. The molecule has 2 aromatic rings. The highest BCUT2D eigenvalue weighted by Gasteiger charge is 2.23. The van der Waals surface area contributed by atoms with E-state index in [1.165, 1.54) is 17.1 Å². The Balaban J connectivity index is 1.63. The predicted molar refractivity (Wildman–Crippen MR) is 100 cm³/mol. The molecule has 26 heavy (non-hydrogen) atoms. The summed E-state index contributed by atoms with van der Waals surface area (Å²) in [6.07, 6.45) is 0.639. The van der Waals surface area contributed by atoms with E-state index in [-0.39, 0.29) is 21.3 Å². The van der Waals surface area contributed by atoms with Crippen LogP contribution in [0.3, 0.4) is 0 Å². The zero-order valence-corrected chi connectivity index (χ0v) is 15.1. The second kappa shape index (κ2) is 7.76. The van der Waals surface area contributed by atoms with Gasteiger partial charge in [0.25, 0.3) is 5.91 Å². The van der Waals surface area contributed by atoms with Crippen molar-refractivity contribution < 1.29 is 14.3 Å². The third-order valence-electron chi connectivity index (χ3n) is 3.84. The molecule has 2 N–H and O–H groups in total. The van der Waals surface area contributed by atoms with Gasteiger partial charge in [-0.2, -0.15) is 5.10 Å². The van der Waals surface area contributed by atoms with E-state index in [0.717, 1.165) is 11.3 Å². The zero-order valence-electron chi connectivity index (χ0n) is 13.6. The van der Waals surface area contributed by atoms with E-state index in [1.807, 2.05) is 30.3 Å². The predicted octanol–water partition coefficient (Wildman–Crippen LogP) is 3.37. The summed E-state index contributed by atoms with van der Waals surface area (Å²) < 4.78 is 5.04. The first-order chi connectivity index (χ1) is 12.5. The number of nitrogen functional groups attached to an aromatic ring is 1. The Morgan fingerprint density at radius 3 is 2.65 bits per heavy atom. The Kier molecular flexibility index (Phi) is 5.44. The fourth-order valence-corrected chi connectivity index (χ4v) is 3.00. The van der Waals surface area contributed by atoms with Gasteiger partial charge >= 0.3 is 5.97 Å². The van der Waals surface area contributed by atoms with Gasteiger partial charge in [0, 0.05) is 11.4 Å². The number of halogens is 2. The van der Waals surface area contributed by atoms with Gasteiger partial charge in [0.15, 0.2) is 6.61 Å². The number of rotatable bonds is 4. The van der Waals surface area contributed by atoms with Crippen molar-refractivity contribution in [1.29, 1.82) is 0 Å². The minimum Gasteiger partial charge on any atom is -0.452 e. The molecule has 0 aromatic heterocycles. The third-order valence-corrected chi connectivity index (χ3v) is 4.37. The number of nitrogens with zero attached hydrogens (tertiary/aromatic N) is 2. The van der Waals surface area contributed by atoms with Crippen molar-refractivity contribution in [1.82, 2.24) is 5.01 Å². The van der Waals surface area contributed by atoms with Gasteiger partial charge in [-0.25, -0.2) is 9.80 Å². The second-order valence-corrected chi connectivity index (χ2v) is 6.45. The van der Waals surface area contributed by atoms with Gasteiger partial charge in [0.05, 0.1) is 28.5 Å². The highest BCUT2D eigenvalue weighted by molar-refractivity contribution is 6.37. The van der Waals surface area contributed by atoms with E-state index in [1.54, 1.807) is 0 Å². The standard InChI is InChI=1S/C18H15Cl2N3O3/c19-12-8-13(17(21)14(20)9-12)18(25)26-10-16(24)23-7-6-15(22-23)11-4-2-1-3-5-11/h1-5,8-9H,6-7,10,21H2. The van der Waals surface area contributed by atoms with Crippen LogP contribution in [0.5, 0.6) is 0 Å². The molecule has 1 aliphatic heterocycles. The largest absolute Gasteiger partial charge is 0.452 e. The zero-order chi connectivity index (χ0) is 18.7. The molecule has 0 bridgehead atoms. The molecule has 0 unspecified atom stereocenters. The average molecular weight is 392 g/mol. The van der Waals surface area contributed by atoms with Crippen LogP contribution in [-0.4, -0.2) is 35.7 Å². The fraction of sp³-hybridized carbons (Fsp3) is 0.167. The molecule has 8 heteroatoms. The minimum atomic E-state index is -0.772. The topological polar surface area (TPSA) is 85.0 Å². The molecule has 0 aliphatic carbocycles. The van der Waals surface area contributed by atoms with Crippen molar-refractivity contribution in [2.24, 2.45) is 5.10 Å². The first-order valence-electron chi connectivity index (χ1n) is 7.80. The highest BCUT2D eigenvalue weighted by atomic mass is 35.5. The smallest absolute Gasteiger partial charge is 0.340 e. The lowest BCUT2D eigenvalue weighted by molar-refractivity contribution is -0.134. The molecule has 0 atom stereocenters. The Hall–Kier alpha value is -2.57. The Morgan fingerprint density at radius 2 is 1.92 bits per heavy atom. The number of hydrogen-bond acceptors (Lipinski definition) is 5. The number of hydrazone groups is 1. The van der Waals surface area contributed by atoms with Crippen LogP contribution in [0.4, 0.5) is 5.69 Å². The van der Waals surface area contributed by atoms with E-state index in [9.17, 15) is 9.59 Å². The summed E-state index contributed by atoms with van der Waals surface area (Å²) in [5.74, 6) is -1.19. The first-order valence-corrected chi connectivity index (χ1v) is 8.56. The summed E-state index contributed by atoms with van der Waals surface area (Å²) in [4.78, 5) is 24.4. The van der Waals surface area contributed by atoms with Gasteiger partial charge in [-0.15, -0.1) is 0 Å². The number of carbonyl (C=O) groups excluding carboxylic acids is 2. The SMILES string of the molecule is Nc1c(Cl)cc(Cl)cc1C(=O)OCC(=O)N1CCC(c2ccccc2)=N1. The number of benzene rings is 2. The Morgan fingerprint density at radius 1 is 1.19 bits per heavy atom. The van der Waals surface area contributed by atoms with Crippen molar-refractivity contribution in [3.8, 4) is 0 Å². The van der Waals surface area contributed by atoms with Crippen LogP contribution in [0, 0.1) is 0 Å². The van der Waals surface area contributed by atoms with Crippen LogP contribution in [0.2, 0.25) is 10.0 Å². The molecule has 0 radical (unpaired) electrons. The van der Waals surface area contributed by atoms with Crippen LogP contribution in [0.15, 0.2) is 47.6 Å². The lowest BCUT2D eigenvalue weighted by Crippen LogP contribution is -2.29. The van der Waals surface area contributed by atoms with E-state index in [0.29, 0.717) is 13.0 Å². The average Bonchev–Trinajstić information content (AvgIpc) is 3.13. The van der Waals surface area contributed by atoms with Gasteiger partial charge in [-0.05, 0) is 17.7 Å². The lowest BCUT2D eigenvalue weighted by atomic mass is 10.1. The van der Waals surface area contributed by atoms with Crippen molar-refractivity contribution in [3.05, 3.63) is 63.6 Å². The molecule has 0 saturated heterocycles. The van der Waals surface area contributed by atoms with Crippen molar-refractivity contribution in [2.45, 2.75) is 6.42 Å². The molecule has 0 saturated carbocycles. The maximum Gasteiger partial charge on any atom is 0.340 e. The van der Waals surface area contributed by atoms with Crippen LogP contribution >= 0.6 is 23.2 Å². The maximum atomic E-state index is 12.2. The van der Waals surface area contributed by atoms with Crippen LogP contribution in [-0.2, 0) is 9.53 Å². The summed E-state index contributed by atoms with van der Waals surface area (Å²) in [6.45, 7) is -0.0142. The molecule has 1 aliphatic rings. The molecule has 0 spiro atoms. The Labute approximate surface area is 160 Å². The van der Waals surface area contributed by atoms with Gasteiger partial charge in [0.1, 0.15) is 0 Å². The van der Waals surface area contributed by atoms with Gasteiger partial charge < -0.3 is 10.5 Å². The quantitative estimate of drug-likeness (QED) is 0.639. The van der Waals surface area contributed by atoms with Crippen LogP contribution in [0.1, 0.15) is 22.3 Å². The van der Waals surface area contributed by atoms with Gasteiger partial charge in [-0.1, -0.05) is 53.5 Å². The molecule has 0 fully saturated rings. The molecule has 2 aromatic carbocycles. The molecule has 6 nitrogen and oxygen atoms in total. The molecule has 1 heterocycles. The minimum absolute atomic E-state index is 0.0187. The van der Waals surface area contributed by atoms with Crippen LogP contribution in [0.25, 0.3) is 0 Å². The highest BCUT2D eigenvalue weighted by Crippen LogP contribution is 2.28. The van der Waals surface area contributed by atoms with E-state index in [4.69, 9.17) is 33.7 Å². The number of amides is 1. The number of hydrogen-bond donors (Lipinski definition) is 1. The van der Waals surface area contributed by atoms with E-state index in [2.05, 4.69) is 5.10 Å². The summed E-state index contributed by atoms with van der Waals surface area (Å²) in [5, 5.41) is 5.99. The maximum absolute atomic E-state index is 12.2. The first kappa shape index (κ1) is 18.2. The van der Waals surface area contributed by atoms with Crippen molar-refractivity contribution in [2.75, 3.05) is 18.9 Å². The van der Waals surface area contributed by atoms with E-state index < -0.39 is 18.5 Å². The molecule has 1 amide bonds. The number of nitrogens with two attached hydrogens (primary N) is 1. The third kappa shape index (κ3) is 3.98. The lowest BCUT2D eigenvalue weighted by Gasteiger charge is -2.12. The summed E-state index contributed by atoms with van der Waals surface area (Å²) in [5.41, 5.74) is 7.60. The summed E-state index contributed by atoms with van der Waals surface area (Å²) >= 11 is 11.8. The second-order valence-electron chi connectivity index (χ2n) is 5.60. The monoisotopic (exact) mass is 391 g/mol. The number of anilines is 1. The fourth-order valence-electron chi connectivity index (χ4n) is 2.50. The number of ether oxygens (including phenoxy) is 1. The summed E-state index contributed by atoms with van der Waals surface area (Å²) in [6, 6.07) is 12.4. The molecule has 3 rings (SSSR count). The number of esters is 1. The van der Waals surface area contributed by atoms with Crippen molar-refractivity contribution >= 4 is 46.5 Å².